The van der Waals surface area contributed by atoms with E-state index in [0.717, 1.165) is 18.0 Å². The summed E-state index contributed by atoms with van der Waals surface area (Å²) in [7, 11) is 0. The maximum atomic E-state index is 11.7. The van der Waals surface area contributed by atoms with E-state index in [9.17, 15) is 4.79 Å². The molecular weight excluding hydrogens is 248 g/mol. The Morgan fingerprint density at radius 2 is 2.28 bits per heavy atom. The van der Waals surface area contributed by atoms with E-state index in [2.05, 4.69) is 34.3 Å². The number of aromatic amines is 1. The molecule has 2 rings (SSSR count). The molecule has 18 heavy (non-hydrogen) atoms. The maximum Gasteiger partial charge on any atom is 0.191 e. The van der Waals surface area contributed by atoms with Gasteiger partial charge in [0.05, 0.1) is 11.6 Å². The van der Waals surface area contributed by atoms with Crippen LogP contribution in [0.5, 0.6) is 0 Å². The molecule has 0 fully saturated rings. The van der Waals surface area contributed by atoms with Crippen LogP contribution in [0.25, 0.3) is 10.6 Å². The van der Waals surface area contributed by atoms with E-state index in [0.29, 0.717) is 10.6 Å². The van der Waals surface area contributed by atoms with Gasteiger partial charge in [-0.05, 0) is 13.0 Å². The molecule has 1 atom stereocenters. The SMILES string of the molecule is CCNC(CC)c1nnc(-c2c[nH]ccc2=O)s1. The van der Waals surface area contributed by atoms with Crippen LogP contribution in [0.4, 0.5) is 0 Å². The lowest BCUT2D eigenvalue weighted by atomic mass is 10.2. The van der Waals surface area contributed by atoms with Gasteiger partial charge < -0.3 is 10.3 Å². The highest BCUT2D eigenvalue weighted by molar-refractivity contribution is 7.14. The molecule has 0 spiro atoms. The molecule has 1 unspecified atom stereocenters. The zero-order valence-corrected chi connectivity index (χ0v) is 11.3. The van der Waals surface area contributed by atoms with E-state index >= 15 is 0 Å². The molecule has 2 heterocycles. The highest BCUT2D eigenvalue weighted by atomic mass is 32.1. The summed E-state index contributed by atoms with van der Waals surface area (Å²) >= 11 is 1.47. The van der Waals surface area contributed by atoms with Crippen LogP contribution in [0, 0.1) is 0 Å². The predicted octanol–water partition coefficient (Wildman–Crippen LogP) is 1.95. The van der Waals surface area contributed by atoms with E-state index in [1.54, 1.807) is 12.4 Å². The summed E-state index contributed by atoms with van der Waals surface area (Å²) in [5.41, 5.74) is 0.542. The van der Waals surface area contributed by atoms with Crippen molar-refractivity contribution in [1.82, 2.24) is 20.5 Å². The fourth-order valence-electron chi connectivity index (χ4n) is 1.72. The summed E-state index contributed by atoms with van der Waals surface area (Å²) in [6.07, 6.45) is 4.23. The number of rotatable bonds is 5. The van der Waals surface area contributed by atoms with Gasteiger partial charge in [0.1, 0.15) is 5.01 Å². The largest absolute Gasteiger partial charge is 0.367 e. The molecule has 96 valence electrons. The first kappa shape index (κ1) is 12.9. The van der Waals surface area contributed by atoms with E-state index in [4.69, 9.17) is 0 Å². The number of hydrogen-bond donors (Lipinski definition) is 2. The van der Waals surface area contributed by atoms with Crippen molar-refractivity contribution in [3.8, 4) is 10.6 Å². The highest BCUT2D eigenvalue weighted by Crippen LogP contribution is 2.25. The lowest BCUT2D eigenvalue weighted by Gasteiger charge is -2.10. The summed E-state index contributed by atoms with van der Waals surface area (Å²) in [5.74, 6) is 0. The number of H-pyrrole nitrogens is 1. The molecule has 6 heteroatoms. The Kier molecular flexibility index (Phi) is 4.22. The topological polar surface area (TPSA) is 70.7 Å². The maximum absolute atomic E-state index is 11.7. The average molecular weight is 264 g/mol. The van der Waals surface area contributed by atoms with Gasteiger partial charge in [-0.15, -0.1) is 10.2 Å². The van der Waals surface area contributed by atoms with Crippen LogP contribution in [0.1, 0.15) is 31.3 Å². The monoisotopic (exact) mass is 264 g/mol. The fourth-order valence-corrected chi connectivity index (χ4v) is 2.74. The average Bonchev–Trinajstić information content (AvgIpc) is 2.85. The predicted molar refractivity (Wildman–Crippen MR) is 72.7 cm³/mol. The van der Waals surface area contributed by atoms with Crippen molar-refractivity contribution in [2.45, 2.75) is 26.3 Å². The van der Waals surface area contributed by atoms with E-state index in [1.165, 1.54) is 17.4 Å². The van der Waals surface area contributed by atoms with Crippen molar-refractivity contribution in [3.05, 3.63) is 33.7 Å². The molecular formula is C12H16N4OS. The standard InChI is InChI=1S/C12H16N4OS/c1-3-9(14-4-2)12-16-15-11(18-12)8-7-13-6-5-10(8)17/h5-7,9,14H,3-4H2,1-2H3,(H,13,17). The summed E-state index contributed by atoms with van der Waals surface area (Å²) in [5, 5.41) is 13.2. The van der Waals surface area contributed by atoms with Gasteiger partial charge in [-0.25, -0.2) is 0 Å². The van der Waals surface area contributed by atoms with Gasteiger partial charge >= 0.3 is 0 Å². The second-order valence-corrected chi connectivity index (χ2v) is 4.90. The second-order valence-electron chi connectivity index (χ2n) is 3.89. The van der Waals surface area contributed by atoms with Crippen LogP contribution in [0.2, 0.25) is 0 Å². The van der Waals surface area contributed by atoms with Crippen molar-refractivity contribution >= 4 is 11.3 Å². The number of aromatic nitrogens is 3. The van der Waals surface area contributed by atoms with Gasteiger partial charge in [-0.3, -0.25) is 4.79 Å². The van der Waals surface area contributed by atoms with Crippen LogP contribution in [0.3, 0.4) is 0 Å². The van der Waals surface area contributed by atoms with E-state index in [1.807, 2.05) is 0 Å². The van der Waals surface area contributed by atoms with Gasteiger partial charge in [0.2, 0.25) is 0 Å². The molecule has 0 aliphatic carbocycles. The molecule has 0 bridgehead atoms. The molecule has 0 aliphatic heterocycles. The fraction of sp³-hybridized carbons (Fsp3) is 0.417. The molecule has 2 aromatic heterocycles. The zero-order chi connectivity index (χ0) is 13.0. The van der Waals surface area contributed by atoms with Gasteiger partial charge in [0.25, 0.3) is 0 Å². The van der Waals surface area contributed by atoms with Crippen molar-refractivity contribution in [2.75, 3.05) is 6.54 Å². The van der Waals surface area contributed by atoms with Crippen LogP contribution in [0.15, 0.2) is 23.3 Å². The minimum Gasteiger partial charge on any atom is -0.367 e. The Bertz CT molecular complexity index is 563. The van der Waals surface area contributed by atoms with Crippen LogP contribution in [-0.2, 0) is 0 Å². The summed E-state index contributed by atoms with van der Waals surface area (Å²) in [6, 6.07) is 1.71. The third-order valence-corrected chi connectivity index (χ3v) is 3.72. The summed E-state index contributed by atoms with van der Waals surface area (Å²) < 4.78 is 0. The van der Waals surface area contributed by atoms with E-state index < -0.39 is 0 Å². The highest BCUT2D eigenvalue weighted by Gasteiger charge is 2.15. The van der Waals surface area contributed by atoms with Crippen LogP contribution >= 0.6 is 11.3 Å². The van der Waals surface area contributed by atoms with Gasteiger partial charge in [0, 0.05) is 18.5 Å². The molecule has 2 aromatic rings. The zero-order valence-electron chi connectivity index (χ0n) is 10.4. The quantitative estimate of drug-likeness (QED) is 0.866. The third-order valence-electron chi connectivity index (χ3n) is 2.65. The smallest absolute Gasteiger partial charge is 0.191 e. The minimum atomic E-state index is -0.0343. The summed E-state index contributed by atoms with van der Waals surface area (Å²) in [4.78, 5) is 14.6. The number of hydrogen-bond acceptors (Lipinski definition) is 5. The first-order chi connectivity index (χ1) is 8.76. The normalized spacial score (nSPS) is 12.6. The number of pyridine rings is 1. The van der Waals surface area contributed by atoms with Crippen molar-refractivity contribution in [1.29, 1.82) is 0 Å². The Morgan fingerprint density at radius 3 is 2.94 bits per heavy atom. The molecule has 0 radical (unpaired) electrons. The van der Waals surface area contributed by atoms with Crippen LogP contribution < -0.4 is 10.7 Å². The van der Waals surface area contributed by atoms with Crippen LogP contribution in [-0.4, -0.2) is 21.7 Å². The Morgan fingerprint density at radius 1 is 1.44 bits per heavy atom. The summed E-state index contributed by atoms with van der Waals surface area (Å²) in [6.45, 7) is 5.05. The van der Waals surface area contributed by atoms with Gasteiger partial charge in [-0.1, -0.05) is 25.2 Å². The molecule has 0 aromatic carbocycles. The second kappa shape index (κ2) is 5.88. The number of nitrogens with one attached hydrogen (secondary N) is 2. The molecule has 0 aliphatic rings. The van der Waals surface area contributed by atoms with Gasteiger partial charge in [0.15, 0.2) is 10.4 Å². The molecule has 0 saturated carbocycles. The number of nitrogens with zero attached hydrogens (tertiary/aromatic N) is 2. The molecule has 0 saturated heterocycles. The third kappa shape index (κ3) is 2.65. The molecule has 5 nitrogen and oxygen atoms in total. The van der Waals surface area contributed by atoms with Crippen molar-refractivity contribution < 1.29 is 0 Å². The lowest BCUT2D eigenvalue weighted by molar-refractivity contribution is 0.531. The first-order valence-corrected chi connectivity index (χ1v) is 6.82. The Hall–Kier alpha value is -1.53. The Balaban J connectivity index is 2.30. The van der Waals surface area contributed by atoms with Crippen molar-refractivity contribution in [2.24, 2.45) is 0 Å². The Labute approximate surface area is 109 Å². The first-order valence-electron chi connectivity index (χ1n) is 6.00. The minimum absolute atomic E-state index is 0.0343. The molecule has 0 amide bonds. The van der Waals surface area contributed by atoms with Crippen molar-refractivity contribution in [3.63, 3.8) is 0 Å². The van der Waals surface area contributed by atoms with E-state index in [-0.39, 0.29) is 11.5 Å². The van der Waals surface area contributed by atoms with Gasteiger partial charge in [-0.2, -0.15) is 0 Å². The lowest BCUT2D eigenvalue weighted by Crippen LogP contribution is -2.19. The molecule has 2 N–H and O–H groups in total.